The number of nitro benzene ring substituents is 1. The maximum Gasteiger partial charge on any atom is 0.349 e. The van der Waals surface area contributed by atoms with Crippen LogP contribution in [0.5, 0.6) is 17.2 Å². The number of methoxy groups -OCH3 is 1. The van der Waals surface area contributed by atoms with Crippen molar-refractivity contribution in [1.82, 2.24) is 0 Å². The van der Waals surface area contributed by atoms with Gasteiger partial charge in [0.1, 0.15) is 5.75 Å². The van der Waals surface area contributed by atoms with Crippen molar-refractivity contribution in [3.05, 3.63) is 57.1 Å². The van der Waals surface area contributed by atoms with E-state index in [2.05, 4.69) is 0 Å². The predicted octanol–water partition coefficient (Wildman–Crippen LogP) is 3.55. The quantitative estimate of drug-likeness (QED) is 0.342. The van der Waals surface area contributed by atoms with Crippen molar-refractivity contribution in [2.24, 2.45) is 0 Å². The summed E-state index contributed by atoms with van der Waals surface area (Å²) in [5.74, 6) is -0.106. The molecule has 7 nitrogen and oxygen atoms in total. The van der Waals surface area contributed by atoms with Gasteiger partial charge in [-0.25, -0.2) is 4.79 Å². The number of nitrogens with zero attached hydrogens (tertiary/aromatic N) is 1. The molecule has 0 heterocycles. The number of benzene rings is 2. The highest BCUT2D eigenvalue weighted by Gasteiger charge is 2.16. The van der Waals surface area contributed by atoms with E-state index in [0.29, 0.717) is 10.8 Å². The van der Waals surface area contributed by atoms with E-state index in [-0.39, 0.29) is 23.8 Å². The van der Waals surface area contributed by atoms with Gasteiger partial charge in [0.05, 0.1) is 18.1 Å². The molecule has 2 aromatic carbocycles. The van der Waals surface area contributed by atoms with Crippen LogP contribution in [0, 0.1) is 17.0 Å². The van der Waals surface area contributed by atoms with E-state index in [1.807, 2.05) is 6.92 Å². The third kappa shape index (κ3) is 4.36. The molecule has 0 amide bonds. The number of halogens is 1. The lowest BCUT2D eigenvalue weighted by Crippen LogP contribution is -2.18. The summed E-state index contributed by atoms with van der Waals surface area (Å²) < 4.78 is 15.4. The topological polar surface area (TPSA) is 87.9 Å². The second-order valence-corrected chi connectivity index (χ2v) is 5.17. The van der Waals surface area contributed by atoms with Crippen LogP contribution in [0.25, 0.3) is 0 Å². The molecule has 0 saturated carbocycles. The molecule has 2 rings (SSSR count). The molecular formula is C16H14ClNO6. The maximum absolute atomic E-state index is 11.9. The first-order valence-corrected chi connectivity index (χ1v) is 7.20. The van der Waals surface area contributed by atoms with Gasteiger partial charge in [0.15, 0.2) is 18.1 Å². The Morgan fingerprint density at radius 1 is 1.21 bits per heavy atom. The van der Waals surface area contributed by atoms with Crippen molar-refractivity contribution >= 4 is 23.3 Å². The zero-order chi connectivity index (χ0) is 17.7. The number of carbonyl (C=O) groups is 1. The fourth-order valence-electron chi connectivity index (χ4n) is 1.86. The van der Waals surface area contributed by atoms with E-state index < -0.39 is 10.9 Å². The van der Waals surface area contributed by atoms with Gasteiger partial charge < -0.3 is 14.2 Å². The van der Waals surface area contributed by atoms with Crippen LogP contribution in [-0.2, 0) is 4.79 Å². The first kappa shape index (κ1) is 17.6. The summed E-state index contributed by atoms with van der Waals surface area (Å²) in [6.45, 7) is 1.44. The summed E-state index contributed by atoms with van der Waals surface area (Å²) in [7, 11) is 1.37. The molecule has 0 aromatic heterocycles. The van der Waals surface area contributed by atoms with E-state index in [0.717, 1.165) is 11.6 Å². The third-order valence-electron chi connectivity index (χ3n) is 3.07. The molecular weight excluding hydrogens is 338 g/mol. The van der Waals surface area contributed by atoms with Crippen molar-refractivity contribution in [2.45, 2.75) is 6.92 Å². The molecule has 0 spiro atoms. The molecule has 0 fully saturated rings. The van der Waals surface area contributed by atoms with Crippen LogP contribution in [-0.4, -0.2) is 24.6 Å². The van der Waals surface area contributed by atoms with Crippen molar-refractivity contribution in [3.8, 4) is 17.2 Å². The molecule has 24 heavy (non-hydrogen) atoms. The van der Waals surface area contributed by atoms with Gasteiger partial charge in [0, 0.05) is 11.1 Å². The number of aryl methyl sites for hydroxylation is 1. The summed E-state index contributed by atoms with van der Waals surface area (Å²) in [4.78, 5) is 22.1. The van der Waals surface area contributed by atoms with Crippen LogP contribution in [0.1, 0.15) is 5.56 Å². The van der Waals surface area contributed by atoms with E-state index in [9.17, 15) is 14.9 Å². The molecule has 0 aliphatic heterocycles. The molecule has 126 valence electrons. The SMILES string of the molecule is COc1ccc([N+](=O)[O-])cc1OC(=O)COc1ccc(Cl)c(C)c1. The smallest absolute Gasteiger partial charge is 0.349 e. The Kier molecular flexibility index (Phi) is 5.59. The second kappa shape index (κ2) is 7.65. The van der Waals surface area contributed by atoms with E-state index >= 15 is 0 Å². The maximum atomic E-state index is 11.9. The van der Waals surface area contributed by atoms with Crippen LogP contribution in [0.2, 0.25) is 5.02 Å². The highest BCUT2D eigenvalue weighted by atomic mass is 35.5. The van der Waals surface area contributed by atoms with Crippen molar-refractivity contribution < 1.29 is 23.9 Å². The normalized spacial score (nSPS) is 10.1. The minimum Gasteiger partial charge on any atom is -0.493 e. The number of non-ortho nitro benzene ring substituents is 1. The van der Waals surface area contributed by atoms with Crippen LogP contribution in [0.4, 0.5) is 5.69 Å². The molecule has 0 atom stereocenters. The monoisotopic (exact) mass is 351 g/mol. The van der Waals surface area contributed by atoms with Gasteiger partial charge in [-0.2, -0.15) is 0 Å². The zero-order valence-electron chi connectivity index (χ0n) is 12.9. The number of carbonyl (C=O) groups excluding carboxylic acids is 1. The number of hydrogen-bond acceptors (Lipinski definition) is 6. The number of ether oxygens (including phenoxy) is 3. The largest absolute Gasteiger partial charge is 0.493 e. The number of rotatable bonds is 6. The highest BCUT2D eigenvalue weighted by molar-refractivity contribution is 6.31. The molecule has 0 bridgehead atoms. The minimum absolute atomic E-state index is 0.0485. The van der Waals surface area contributed by atoms with Gasteiger partial charge in [-0.3, -0.25) is 10.1 Å². The van der Waals surface area contributed by atoms with Gasteiger partial charge >= 0.3 is 5.97 Å². The average molecular weight is 352 g/mol. The fourth-order valence-corrected chi connectivity index (χ4v) is 1.98. The van der Waals surface area contributed by atoms with Crippen molar-refractivity contribution in [2.75, 3.05) is 13.7 Å². The Bertz CT molecular complexity index is 777. The minimum atomic E-state index is -0.721. The number of esters is 1. The molecule has 0 unspecified atom stereocenters. The Morgan fingerprint density at radius 3 is 2.58 bits per heavy atom. The molecule has 8 heteroatoms. The van der Waals surface area contributed by atoms with E-state index in [1.54, 1.807) is 18.2 Å². The summed E-state index contributed by atoms with van der Waals surface area (Å²) in [6, 6.07) is 8.68. The molecule has 0 saturated heterocycles. The van der Waals surface area contributed by atoms with Crippen LogP contribution in [0.3, 0.4) is 0 Å². The zero-order valence-corrected chi connectivity index (χ0v) is 13.7. The summed E-state index contributed by atoms with van der Waals surface area (Å²) in [5, 5.41) is 11.4. The lowest BCUT2D eigenvalue weighted by atomic mass is 10.2. The highest BCUT2D eigenvalue weighted by Crippen LogP contribution is 2.31. The first-order chi connectivity index (χ1) is 11.4. The Balaban J connectivity index is 2.04. The molecule has 0 aliphatic carbocycles. The van der Waals surface area contributed by atoms with Gasteiger partial charge in [0.25, 0.3) is 5.69 Å². The number of hydrogen-bond donors (Lipinski definition) is 0. The molecule has 0 aliphatic rings. The average Bonchev–Trinajstić information content (AvgIpc) is 2.55. The first-order valence-electron chi connectivity index (χ1n) is 6.82. The Morgan fingerprint density at radius 2 is 1.96 bits per heavy atom. The lowest BCUT2D eigenvalue weighted by Gasteiger charge is -2.10. The summed E-state index contributed by atoms with van der Waals surface area (Å²) in [6.07, 6.45) is 0. The number of nitro groups is 1. The predicted molar refractivity (Wildman–Crippen MR) is 87.0 cm³/mol. The van der Waals surface area contributed by atoms with Crippen molar-refractivity contribution in [3.63, 3.8) is 0 Å². The molecule has 2 aromatic rings. The van der Waals surface area contributed by atoms with Crippen LogP contribution < -0.4 is 14.2 Å². The second-order valence-electron chi connectivity index (χ2n) is 4.77. The van der Waals surface area contributed by atoms with Gasteiger partial charge in [-0.15, -0.1) is 0 Å². The van der Waals surface area contributed by atoms with E-state index in [4.69, 9.17) is 25.8 Å². The molecule has 0 radical (unpaired) electrons. The van der Waals surface area contributed by atoms with Crippen LogP contribution in [0.15, 0.2) is 36.4 Å². The standard InChI is InChI=1S/C16H14ClNO6/c1-10-7-12(4-5-13(10)17)23-9-16(19)24-15-8-11(18(20)21)3-6-14(15)22-2/h3-8H,9H2,1-2H3. The lowest BCUT2D eigenvalue weighted by molar-refractivity contribution is -0.384. The Hall–Kier alpha value is -2.80. The van der Waals surface area contributed by atoms with Gasteiger partial charge in [-0.05, 0) is 36.8 Å². The van der Waals surface area contributed by atoms with E-state index in [1.165, 1.54) is 19.2 Å². The van der Waals surface area contributed by atoms with Gasteiger partial charge in [-0.1, -0.05) is 11.6 Å². The third-order valence-corrected chi connectivity index (χ3v) is 3.49. The summed E-state index contributed by atoms with van der Waals surface area (Å²) >= 11 is 5.91. The van der Waals surface area contributed by atoms with Crippen LogP contribution >= 0.6 is 11.6 Å². The summed E-state index contributed by atoms with van der Waals surface area (Å²) in [5.41, 5.74) is 0.593. The van der Waals surface area contributed by atoms with Crippen molar-refractivity contribution in [1.29, 1.82) is 0 Å². The molecule has 0 N–H and O–H groups in total. The fraction of sp³-hybridized carbons (Fsp3) is 0.188. The van der Waals surface area contributed by atoms with Gasteiger partial charge in [0.2, 0.25) is 0 Å². The Labute approximate surface area is 142 Å².